The summed E-state index contributed by atoms with van der Waals surface area (Å²) in [6, 6.07) is 5.24. The molecule has 148 valence electrons. The summed E-state index contributed by atoms with van der Waals surface area (Å²) in [5.41, 5.74) is 0.747. The van der Waals surface area contributed by atoms with Gasteiger partial charge in [0.05, 0.1) is 11.6 Å². The highest BCUT2D eigenvalue weighted by molar-refractivity contribution is 6.36. The van der Waals surface area contributed by atoms with E-state index in [1.807, 2.05) is 6.92 Å². The quantitative estimate of drug-likeness (QED) is 0.548. The minimum atomic E-state index is -0.133. The number of aromatic nitrogens is 3. The summed E-state index contributed by atoms with van der Waals surface area (Å²) in [4.78, 5) is 17.3. The molecule has 0 aliphatic carbocycles. The highest BCUT2D eigenvalue weighted by atomic mass is 35.5. The van der Waals surface area contributed by atoms with E-state index in [0.717, 1.165) is 12.8 Å². The van der Waals surface area contributed by atoms with Gasteiger partial charge in [0, 0.05) is 17.0 Å². The average Bonchev–Trinajstić information content (AvgIpc) is 2.95. The summed E-state index contributed by atoms with van der Waals surface area (Å²) in [6.45, 7) is 11.0. The van der Waals surface area contributed by atoms with Crippen molar-refractivity contribution in [1.82, 2.24) is 14.8 Å². The van der Waals surface area contributed by atoms with Gasteiger partial charge in [0.25, 0.3) is 0 Å². The second-order valence-electron chi connectivity index (χ2n) is 8.07. The number of hydrogen-bond donors (Lipinski definition) is 0. The van der Waals surface area contributed by atoms with E-state index >= 15 is 0 Å². The molecule has 0 aliphatic rings. The van der Waals surface area contributed by atoms with Gasteiger partial charge in [-0.2, -0.15) is 9.67 Å². The molecule has 0 bridgehead atoms. The first kappa shape index (κ1) is 21.7. The van der Waals surface area contributed by atoms with E-state index in [4.69, 9.17) is 27.9 Å². The fraction of sp³-hybridized carbons (Fsp3) is 0.550. The normalized spacial score (nSPS) is 12.9. The summed E-state index contributed by atoms with van der Waals surface area (Å²) in [7, 11) is 0. The van der Waals surface area contributed by atoms with Crippen molar-refractivity contribution in [3.63, 3.8) is 0 Å². The Balaban J connectivity index is 2.35. The van der Waals surface area contributed by atoms with E-state index in [2.05, 4.69) is 37.8 Å². The summed E-state index contributed by atoms with van der Waals surface area (Å²) in [5.74, 6) is 0.456. The van der Waals surface area contributed by atoms with Crippen LogP contribution in [-0.2, 0) is 0 Å². The molecule has 7 heteroatoms. The molecule has 1 aromatic heterocycles. The fourth-order valence-electron chi connectivity index (χ4n) is 3.07. The zero-order valence-corrected chi connectivity index (χ0v) is 18.1. The number of ether oxygens (including phenoxy) is 1. The van der Waals surface area contributed by atoms with E-state index < -0.39 is 0 Å². The second kappa shape index (κ2) is 9.07. The molecule has 0 N–H and O–H groups in total. The molecule has 0 spiro atoms. The second-order valence-corrected chi connectivity index (χ2v) is 8.91. The smallest absolute Gasteiger partial charge is 0.336 e. The van der Waals surface area contributed by atoms with Gasteiger partial charge < -0.3 is 4.74 Å². The molecule has 1 atom stereocenters. The van der Waals surface area contributed by atoms with E-state index in [9.17, 15) is 4.79 Å². The molecule has 1 heterocycles. The maximum Gasteiger partial charge on any atom is 0.336 e. The molecule has 1 aromatic carbocycles. The molecule has 0 aliphatic heterocycles. The zero-order chi connectivity index (χ0) is 20.2. The van der Waals surface area contributed by atoms with Crippen LogP contribution in [0.1, 0.15) is 58.7 Å². The van der Waals surface area contributed by atoms with E-state index in [0.29, 0.717) is 34.5 Å². The van der Waals surface area contributed by atoms with Gasteiger partial charge in [-0.1, -0.05) is 57.8 Å². The van der Waals surface area contributed by atoms with E-state index in [-0.39, 0.29) is 23.3 Å². The maximum absolute atomic E-state index is 12.9. The molecule has 0 saturated heterocycles. The van der Waals surface area contributed by atoms with Gasteiger partial charge in [-0.05, 0) is 42.4 Å². The van der Waals surface area contributed by atoms with Crippen LogP contribution < -0.4 is 4.74 Å². The first-order valence-electron chi connectivity index (χ1n) is 9.19. The van der Waals surface area contributed by atoms with Crippen LogP contribution in [0.4, 0.5) is 0 Å². The van der Waals surface area contributed by atoms with Crippen molar-refractivity contribution in [1.29, 1.82) is 0 Å². The summed E-state index contributed by atoms with van der Waals surface area (Å²) in [6.07, 6.45) is 2.12. The molecule has 0 saturated carbocycles. The highest BCUT2D eigenvalue weighted by Crippen LogP contribution is 2.31. The predicted octanol–water partition coefficient (Wildman–Crippen LogP) is 6.14. The Morgan fingerprint density at radius 1 is 1.30 bits per heavy atom. The van der Waals surface area contributed by atoms with Gasteiger partial charge in [-0.25, -0.2) is 0 Å². The van der Waals surface area contributed by atoms with Crippen molar-refractivity contribution in [3.05, 3.63) is 28.2 Å². The third kappa shape index (κ3) is 6.22. The Labute approximate surface area is 171 Å². The van der Waals surface area contributed by atoms with Gasteiger partial charge in [-0.3, -0.25) is 4.79 Å². The van der Waals surface area contributed by atoms with E-state index in [1.165, 1.54) is 4.68 Å². The fourth-order valence-corrected chi connectivity index (χ4v) is 3.56. The molecular weight excluding hydrogens is 385 g/mol. The topological polar surface area (TPSA) is 57.0 Å². The SMILES string of the molecule is CCCOc1nc(-c2ccc(Cl)cc2Cl)n(C(=O)CC(C)CC(C)(C)C)n1. The van der Waals surface area contributed by atoms with Gasteiger partial charge >= 0.3 is 6.01 Å². The van der Waals surface area contributed by atoms with Gasteiger partial charge in [-0.15, -0.1) is 5.10 Å². The molecule has 27 heavy (non-hydrogen) atoms. The lowest BCUT2D eigenvalue weighted by atomic mass is 9.84. The van der Waals surface area contributed by atoms with Crippen LogP contribution in [0, 0.1) is 11.3 Å². The predicted molar refractivity (Wildman–Crippen MR) is 110 cm³/mol. The number of benzene rings is 1. The van der Waals surface area contributed by atoms with E-state index in [1.54, 1.807) is 18.2 Å². The third-order valence-electron chi connectivity index (χ3n) is 3.92. The van der Waals surface area contributed by atoms with Crippen LogP contribution in [0.2, 0.25) is 10.0 Å². The molecular formula is C20H27Cl2N3O2. The van der Waals surface area contributed by atoms with Crippen LogP contribution in [0.15, 0.2) is 18.2 Å². The number of hydrogen-bond acceptors (Lipinski definition) is 4. The van der Waals surface area contributed by atoms with Crippen molar-refractivity contribution in [2.45, 2.75) is 53.9 Å². The maximum atomic E-state index is 12.9. The number of nitrogens with zero attached hydrogens (tertiary/aromatic N) is 3. The highest BCUT2D eigenvalue weighted by Gasteiger charge is 2.24. The molecule has 0 amide bonds. The van der Waals surface area contributed by atoms with Crippen molar-refractivity contribution in [2.75, 3.05) is 6.61 Å². The number of carbonyl (C=O) groups is 1. The van der Waals surface area contributed by atoms with Crippen molar-refractivity contribution < 1.29 is 9.53 Å². The Morgan fingerprint density at radius 3 is 2.59 bits per heavy atom. The first-order valence-corrected chi connectivity index (χ1v) is 9.94. The molecule has 0 radical (unpaired) electrons. The van der Waals surface area contributed by atoms with Crippen LogP contribution in [0.5, 0.6) is 6.01 Å². The minimum absolute atomic E-state index is 0.133. The standard InChI is InChI=1S/C20H27Cl2N3O2/c1-6-9-27-19-23-18(15-8-7-14(21)11-16(15)22)25(24-19)17(26)10-13(2)12-20(3,4)5/h7-8,11,13H,6,9-10,12H2,1-5H3. The van der Waals surface area contributed by atoms with Crippen molar-refractivity contribution in [3.8, 4) is 17.4 Å². The van der Waals surface area contributed by atoms with Crippen LogP contribution in [-0.4, -0.2) is 27.3 Å². The lowest BCUT2D eigenvalue weighted by molar-refractivity contribution is 0.0856. The molecule has 2 aromatic rings. The minimum Gasteiger partial charge on any atom is -0.462 e. The molecule has 2 rings (SSSR count). The lowest BCUT2D eigenvalue weighted by Gasteiger charge is -2.22. The number of halogens is 2. The molecule has 1 unspecified atom stereocenters. The Hall–Kier alpha value is -1.59. The van der Waals surface area contributed by atoms with Crippen LogP contribution in [0.25, 0.3) is 11.4 Å². The monoisotopic (exact) mass is 411 g/mol. The van der Waals surface area contributed by atoms with Crippen molar-refractivity contribution in [2.24, 2.45) is 11.3 Å². The third-order valence-corrected chi connectivity index (χ3v) is 4.46. The molecule has 5 nitrogen and oxygen atoms in total. The summed E-state index contributed by atoms with van der Waals surface area (Å²) < 4.78 is 6.84. The van der Waals surface area contributed by atoms with Crippen LogP contribution >= 0.6 is 23.2 Å². The summed E-state index contributed by atoms with van der Waals surface area (Å²) in [5, 5.41) is 5.21. The Kier molecular flexibility index (Phi) is 7.29. The zero-order valence-electron chi connectivity index (χ0n) is 16.6. The molecule has 0 fully saturated rings. The largest absolute Gasteiger partial charge is 0.462 e. The van der Waals surface area contributed by atoms with Gasteiger partial charge in [0.1, 0.15) is 0 Å². The Bertz CT molecular complexity index is 797. The van der Waals surface area contributed by atoms with Gasteiger partial charge in [0.2, 0.25) is 5.91 Å². The lowest BCUT2D eigenvalue weighted by Crippen LogP contribution is -2.20. The number of rotatable bonds is 7. The number of carbonyl (C=O) groups excluding carboxylic acids is 1. The summed E-state index contributed by atoms with van der Waals surface area (Å²) >= 11 is 12.3. The first-order chi connectivity index (χ1) is 12.6. The van der Waals surface area contributed by atoms with Crippen LogP contribution in [0.3, 0.4) is 0 Å². The van der Waals surface area contributed by atoms with Gasteiger partial charge in [0.15, 0.2) is 5.82 Å². The average molecular weight is 412 g/mol. The van der Waals surface area contributed by atoms with Crippen molar-refractivity contribution >= 4 is 29.1 Å². The Morgan fingerprint density at radius 2 is 2.00 bits per heavy atom.